The number of aryl methyl sites for hydroxylation is 1. The van der Waals surface area contributed by atoms with Gasteiger partial charge in [-0.05, 0) is 31.4 Å². The lowest BCUT2D eigenvalue weighted by atomic mass is 10.1. The average Bonchev–Trinajstić information content (AvgIpc) is 2.39. The summed E-state index contributed by atoms with van der Waals surface area (Å²) in [5, 5.41) is 3.18. The summed E-state index contributed by atoms with van der Waals surface area (Å²) in [6.07, 6.45) is 4.78. The first kappa shape index (κ1) is 12.6. The Morgan fingerprint density at radius 2 is 1.61 bits per heavy atom. The number of nitrogens with zero attached hydrogens (tertiary/aromatic N) is 2. The fraction of sp³-hybridized carbons (Fsp3) is 0.333. The minimum atomic E-state index is 0.347. The van der Waals surface area contributed by atoms with E-state index in [0.29, 0.717) is 12.0 Å². The Bertz CT molecular complexity index is 486. The molecule has 0 radical (unpaired) electrons. The van der Waals surface area contributed by atoms with E-state index in [1.807, 2.05) is 12.4 Å². The Morgan fingerprint density at radius 3 is 2.11 bits per heavy atom. The van der Waals surface area contributed by atoms with E-state index in [9.17, 15) is 0 Å². The summed E-state index contributed by atoms with van der Waals surface area (Å²) in [6, 6.07) is 8.88. The molecule has 0 fully saturated rings. The maximum Gasteiger partial charge on any atom is 0.222 e. The maximum atomic E-state index is 4.32. The second-order valence-electron chi connectivity index (χ2n) is 4.64. The van der Waals surface area contributed by atoms with Crippen LogP contribution in [0.15, 0.2) is 36.7 Å². The highest BCUT2D eigenvalue weighted by Gasteiger charge is 2.01. The van der Waals surface area contributed by atoms with Crippen LogP contribution in [-0.4, -0.2) is 16.0 Å². The van der Waals surface area contributed by atoms with Gasteiger partial charge in [0.25, 0.3) is 0 Å². The third kappa shape index (κ3) is 3.06. The molecule has 2 rings (SSSR count). The molecule has 0 saturated carbocycles. The van der Waals surface area contributed by atoms with E-state index >= 15 is 0 Å². The highest BCUT2D eigenvalue weighted by molar-refractivity contribution is 5.62. The molecule has 0 aliphatic rings. The molecule has 3 heteroatoms. The maximum absolute atomic E-state index is 4.32. The third-order valence-electron chi connectivity index (χ3n) is 2.77. The van der Waals surface area contributed by atoms with Crippen molar-refractivity contribution >= 4 is 5.95 Å². The van der Waals surface area contributed by atoms with Gasteiger partial charge in [0, 0.05) is 24.0 Å². The van der Waals surface area contributed by atoms with Crippen LogP contribution in [0.1, 0.15) is 26.3 Å². The molecule has 1 aromatic carbocycles. The lowest BCUT2D eigenvalue weighted by molar-refractivity contribution is 0.874. The zero-order valence-corrected chi connectivity index (χ0v) is 11.1. The summed E-state index contributed by atoms with van der Waals surface area (Å²) in [5.74, 6) is 0.680. The smallest absolute Gasteiger partial charge is 0.222 e. The van der Waals surface area contributed by atoms with Gasteiger partial charge in [-0.3, -0.25) is 0 Å². The van der Waals surface area contributed by atoms with E-state index < -0.39 is 0 Å². The lowest BCUT2D eigenvalue weighted by Gasteiger charge is -2.08. The molecule has 0 saturated heterocycles. The zero-order chi connectivity index (χ0) is 13.0. The fourth-order valence-electron chi connectivity index (χ4n) is 1.74. The van der Waals surface area contributed by atoms with E-state index in [0.717, 1.165) is 17.5 Å². The number of hydrogen-bond donors (Lipinski definition) is 1. The van der Waals surface area contributed by atoms with Gasteiger partial charge in [-0.1, -0.05) is 31.2 Å². The molecule has 0 aliphatic heterocycles. The molecule has 18 heavy (non-hydrogen) atoms. The molecule has 0 aliphatic carbocycles. The highest BCUT2D eigenvalue weighted by atomic mass is 15.1. The summed E-state index contributed by atoms with van der Waals surface area (Å²) in [7, 11) is 0. The average molecular weight is 241 g/mol. The van der Waals surface area contributed by atoms with Crippen LogP contribution in [0, 0.1) is 0 Å². The number of anilines is 1. The predicted octanol–water partition coefficient (Wildman–Crippen LogP) is 3.53. The molecule has 2 aromatic rings. The van der Waals surface area contributed by atoms with Crippen LogP contribution in [0.2, 0.25) is 0 Å². The van der Waals surface area contributed by atoms with Crippen LogP contribution < -0.4 is 5.32 Å². The highest BCUT2D eigenvalue weighted by Crippen LogP contribution is 2.19. The van der Waals surface area contributed by atoms with E-state index in [4.69, 9.17) is 0 Å². The monoisotopic (exact) mass is 241 g/mol. The molecule has 3 nitrogen and oxygen atoms in total. The van der Waals surface area contributed by atoms with Gasteiger partial charge in [-0.15, -0.1) is 0 Å². The quantitative estimate of drug-likeness (QED) is 0.890. The first-order valence-electron chi connectivity index (χ1n) is 6.37. The molecule has 0 spiro atoms. The van der Waals surface area contributed by atoms with Crippen LogP contribution in [0.25, 0.3) is 11.1 Å². The molecule has 0 bridgehead atoms. The molecule has 0 unspecified atom stereocenters. The Labute approximate surface area is 108 Å². The van der Waals surface area contributed by atoms with Gasteiger partial charge in [0.1, 0.15) is 0 Å². The number of nitrogens with one attached hydrogen (secondary N) is 1. The molecule has 1 aromatic heterocycles. The van der Waals surface area contributed by atoms with Crippen molar-refractivity contribution in [3.8, 4) is 11.1 Å². The van der Waals surface area contributed by atoms with Gasteiger partial charge in [-0.25, -0.2) is 9.97 Å². The van der Waals surface area contributed by atoms with Crippen LogP contribution in [0.4, 0.5) is 5.95 Å². The largest absolute Gasteiger partial charge is 0.352 e. The Kier molecular flexibility index (Phi) is 3.92. The van der Waals surface area contributed by atoms with Crippen molar-refractivity contribution in [1.82, 2.24) is 9.97 Å². The number of benzene rings is 1. The number of hydrogen-bond acceptors (Lipinski definition) is 3. The third-order valence-corrected chi connectivity index (χ3v) is 2.77. The normalized spacial score (nSPS) is 10.7. The SMILES string of the molecule is CCc1ccc(-c2cnc(NC(C)C)nc2)cc1. The predicted molar refractivity (Wildman–Crippen MR) is 75.6 cm³/mol. The summed E-state index contributed by atoms with van der Waals surface area (Å²) < 4.78 is 0. The Hall–Kier alpha value is -1.90. The second kappa shape index (κ2) is 5.63. The van der Waals surface area contributed by atoms with E-state index in [2.05, 4.69) is 60.3 Å². The molecule has 0 atom stereocenters. The number of aromatic nitrogens is 2. The van der Waals surface area contributed by atoms with Gasteiger partial charge in [0.05, 0.1) is 0 Å². The summed E-state index contributed by atoms with van der Waals surface area (Å²) in [5.41, 5.74) is 3.55. The van der Waals surface area contributed by atoms with Crippen molar-refractivity contribution in [1.29, 1.82) is 0 Å². The molecule has 1 heterocycles. The minimum Gasteiger partial charge on any atom is -0.352 e. The van der Waals surface area contributed by atoms with E-state index in [1.165, 1.54) is 5.56 Å². The summed E-state index contributed by atoms with van der Waals surface area (Å²) >= 11 is 0. The van der Waals surface area contributed by atoms with Crippen LogP contribution >= 0.6 is 0 Å². The van der Waals surface area contributed by atoms with Crippen molar-refractivity contribution in [2.24, 2.45) is 0 Å². The molecule has 94 valence electrons. The van der Waals surface area contributed by atoms with Crippen molar-refractivity contribution in [2.45, 2.75) is 33.2 Å². The van der Waals surface area contributed by atoms with Crippen molar-refractivity contribution < 1.29 is 0 Å². The first-order valence-corrected chi connectivity index (χ1v) is 6.37. The zero-order valence-electron chi connectivity index (χ0n) is 11.1. The van der Waals surface area contributed by atoms with Gasteiger partial charge in [-0.2, -0.15) is 0 Å². The summed E-state index contributed by atoms with van der Waals surface area (Å²) in [6.45, 7) is 6.30. The van der Waals surface area contributed by atoms with Crippen LogP contribution in [0.5, 0.6) is 0 Å². The van der Waals surface area contributed by atoms with Crippen LogP contribution in [0.3, 0.4) is 0 Å². The van der Waals surface area contributed by atoms with Gasteiger partial charge in [0.2, 0.25) is 5.95 Å². The number of rotatable bonds is 4. The topological polar surface area (TPSA) is 37.8 Å². The molecule has 1 N–H and O–H groups in total. The Balaban J connectivity index is 2.17. The first-order chi connectivity index (χ1) is 8.69. The second-order valence-corrected chi connectivity index (χ2v) is 4.64. The van der Waals surface area contributed by atoms with E-state index in [-0.39, 0.29) is 0 Å². The van der Waals surface area contributed by atoms with E-state index in [1.54, 1.807) is 0 Å². The summed E-state index contributed by atoms with van der Waals surface area (Å²) in [4.78, 5) is 8.63. The van der Waals surface area contributed by atoms with Gasteiger partial charge >= 0.3 is 0 Å². The minimum absolute atomic E-state index is 0.347. The standard InChI is InChI=1S/C15H19N3/c1-4-12-5-7-13(8-6-12)14-9-16-15(17-10-14)18-11(2)3/h5-11H,4H2,1-3H3,(H,16,17,18). The fourth-order valence-corrected chi connectivity index (χ4v) is 1.74. The van der Waals surface area contributed by atoms with Crippen molar-refractivity contribution in [2.75, 3.05) is 5.32 Å². The van der Waals surface area contributed by atoms with Crippen molar-refractivity contribution in [3.05, 3.63) is 42.2 Å². The Morgan fingerprint density at radius 1 is 1.00 bits per heavy atom. The van der Waals surface area contributed by atoms with Crippen LogP contribution in [-0.2, 0) is 6.42 Å². The van der Waals surface area contributed by atoms with Gasteiger partial charge in [0.15, 0.2) is 0 Å². The molecular formula is C15H19N3. The lowest BCUT2D eigenvalue weighted by Crippen LogP contribution is -2.12. The molecular weight excluding hydrogens is 222 g/mol. The van der Waals surface area contributed by atoms with Gasteiger partial charge < -0.3 is 5.32 Å². The molecule has 0 amide bonds. The van der Waals surface area contributed by atoms with Crippen molar-refractivity contribution in [3.63, 3.8) is 0 Å².